The molecule has 94 valence electrons. The SMILES string of the molecule is CC(=O)CCc1cccc(N2C(=O)CCC2=O)c1. The zero-order valence-electron chi connectivity index (χ0n) is 10.3. The van der Waals surface area contributed by atoms with Crippen molar-refractivity contribution in [1.82, 2.24) is 0 Å². The molecule has 18 heavy (non-hydrogen) atoms. The Morgan fingerprint density at radius 1 is 1.22 bits per heavy atom. The summed E-state index contributed by atoms with van der Waals surface area (Å²) in [6, 6.07) is 7.27. The van der Waals surface area contributed by atoms with Crippen molar-refractivity contribution in [3.05, 3.63) is 29.8 Å². The van der Waals surface area contributed by atoms with E-state index in [9.17, 15) is 14.4 Å². The summed E-state index contributed by atoms with van der Waals surface area (Å²) in [7, 11) is 0. The van der Waals surface area contributed by atoms with Gasteiger partial charge in [0.25, 0.3) is 0 Å². The van der Waals surface area contributed by atoms with Crippen molar-refractivity contribution in [3.63, 3.8) is 0 Å². The molecule has 0 aromatic heterocycles. The van der Waals surface area contributed by atoms with Crippen LogP contribution in [0, 0.1) is 0 Å². The molecule has 0 bridgehead atoms. The number of rotatable bonds is 4. The molecule has 1 aromatic carbocycles. The van der Waals surface area contributed by atoms with E-state index in [0.29, 0.717) is 18.5 Å². The van der Waals surface area contributed by atoms with Crippen LogP contribution in [0.4, 0.5) is 5.69 Å². The lowest BCUT2D eigenvalue weighted by Gasteiger charge is -2.14. The van der Waals surface area contributed by atoms with Crippen LogP contribution in [0.25, 0.3) is 0 Å². The van der Waals surface area contributed by atoms with E-state index >= 15 is 0 Å². The summed E-state index contributed by atoms with van der Waals surface area (Å²) < 4.78 is 0. The maximum absolute atomic E-state index is 11.6. The van der Waals surface area contributed by atoms with Gasteiger partial charge in [0.1, 0.15) is 5.78 Å². The number of anilines is 1. The van der Waals surface area contributed by atoms with E-state index < -0.39 is 0 Å². The van der Waals surface area contributed by atoms with Crippen molar-refractivity contribution in [2.24, 2.45) is 0 Å². The largest absolute Gasteiger partial charge is 0.300 e. The lowest BCUT2D eigenvalue weighted by atomic mass is 10.1. The molecule has 1 saturated heterocycles. The predicted molar refractivity (Wildman–Crippen MR) is 67.2 cm³/mol. The molecule has 0 atom stereocenters. The highest BCUT2D eigenvalue weighted by molar-refractivity contribution is 6.19. The standard InChI is InChI=1S/C14H15NO3/c1-10(16)5-6-11-3-2-4-12(9-11)15-13(17)7-8-14(15)18/h2-4,9H,5-8H2,1H3. The van der Waals surface area contributed by atoms with Gasteiger partial charge in [-0.25, -0.2) is 0 Å². The summed E-state index contributed by atoms with van der Waals surface area (Å²) in [4.78, 5) is 35.4. The molecule has 1 fully saturated rings. The smallest absolute Gasteiger partial charge is 0.234 e. The fourth-order valence-electron chi connectivity index (χ4n) is 2.04. The van der Waals surface area contributed by atoms with Gasteiger partial charge >= 0.3 is 0 Å². The summed E-state index contributed by atoms with van der Waals surface area (Å²) in [6.07, 6.45) is 1.69. The molecule has 2 rings (SSSR count). The Hall–Kier alpha value is -1.97. The first kappa shape index (κ1) is 12.5. The van der Waals surface area contributed by atoms with Gasteiger partial charge in [-0.05, 0) is 31.0 Å². The molecule has 1 aliphatic heterocycles. The van der Waals surface area contributed by atoms with Crippen LogP contribution < -0.4 is 4.90 Å². The number of amides is 2. The highest BCUT2D eigenvalue weighted by atomic mass is 16.2. The van der Waals surface area contributed by atoms with Crippen molar-refractivity contribution >= 4 is 23.3 Å². The van der Waals surface area contributed by atoms with Crippen LogP contribution in [-0.2, 0) is 20.8 Å². The molecule has 0 spiro atoms. The Morgan fingerprint density at radius 2 is 1.89 bits per heavy atom. The topological polar surface area (TPSA) is 54.5 Å². The number of benzene rings is 1. The van der Waals surface area contributed by atoms with Crippen molar-refractivity contribution < 1.29 is 14.4 Å². The van der Waals surface area contributed by atoms with Gasteiger partial charge in [-0.3, -0.25) is 14.5 Å². The maximum Gasteiger partial charge on any atom is 0.234 e. The number of imide groups is 1. The van der Waals surface area contributed by atoms with Crippen LogP contribution in [0.3, 0.4) is 0 Å². The zero-order valence-corrected chi connectivity index (χ0v) is 10.3. The minimum Gasteiger partial charge on any atom is -0.300 e. The fourth-order valence-corrected chi connectivity index (χ4v) is 2.04. The number of hydrogen-bond donors (Lipinski definition) is 0. The van der Waals surface area contributed by atoms with Crippen molar-refractivity contribution in [2.45, 2.75) is 32.6 Å². The third kappa shape index (κ3) is 2.64. The van der Waals surface area contributed by atoms with Crippen LogP contribution in [-0.4, -0.2) is 17.6 Å². The van der Waals surface area contributed by atoms with Gasteiger partial charge in [-0.15, -0.1) is 0 Å². The number of carbonyl (C=O) groups is 3. The van der Waals surface area contributed by atoms with Crippen molar-refractivity contribution in [1.29, 1.82) is 0 Å². The predicted octanol–water partition coefficient (Wildman–Crippen LogP) is 1.86. The first-order chi connectivity index (χ1) is 8.58. The van der Waals surface area contributed by atoms with E-state index in [1.807, 2.05) is 18.2 Å². The Balaban J connectivity index is 2.19. The molecule has 1 heterocycles. The van der Waals surface area contributed by atoms with Gasteiger partial charge in [-0.1, -0.05) is 12.1 Å². The highest BCUT2D eigenvalue weighted by Crippen LogP contribution is 2.23. The average molecular weight is 245 g/mol. The van der Waals surface area contributed by atoms with E-state index in [1.54, 1.807) is 13.0 Å². The molecule has 0 N–H and O–H groups in total. The van der Waals surface area contributed by atoms with Crippen LogP contribution >= 0.6 is 0 Å². The first-order valence-corrected chi connectivity index (χ1v) is 6.02. The minimum absolute atomic E-state index is 0.133. The average Bonchev–Trinajstić information content (AvgIpc) is 2.67. The van der Waals surface area contributed by atoms with Crippen LogP contribution in [0.5, 0.6) is 0 Å². The van der Waals surface area contributed by atoms with E-state index in [1.165, 1.54) is 4.90 Å². The van der Waals surface area contributed by atoms with Crippen LogP contribution in [0.2, 0.25) is 0 Å². The lowest BCUT2D eigenvalue weighted by molar-refractivity contribution is -0.121. The number of ketones is 1. The van der Waals surface area contributed by atoms with Gasteiger partial charge in [0.05, 0.1) is 5.69 Å². The fraction of sp³-hybridized carbons (Fsp3) is 0.357. The Morgan fingerprint density at radius 3 is 2.50 bits per heavy atom. The van der Waals surface area contributed by atoms with E-state index in [-0.39, 0.29) is 30.4 Å². The second-order valence-corrected chi connectivity index (χ2v) is 4.49. The monoisotopic (exact) mass is 245 g/mol. The van der Waals surface area contributed by atoms with Gasteiger partial charge < -0.3 is 4.79 Å². The molecule has 2 amide bonds. The molecular weight excluding hydrogens is 230 g/mol. The van der Waals surface area contributed by atoms with Crippen molar-refractivity contribution in [2.75, 3.05) is 4.90 Å². The number of nitrogens with zero attached hydrogens (tertiary/aromatic N) is 1. The van der Waals surface area contributed by atoms with Crippen LogP contribution in [0.1, 0.15) is 31.7 Å². The van der Waals surface area contributed by atoms with Gasteiger partial charge in [0, 0.05) is 19.3 Å². The summed E-state index contributed by atoms with van der Waals surface area (Å²) in [5.41, 5.74) is 1.58. The molecule has 0 radical (unpaired) electrons. The molecular formula is C14H15NO3. The molecule has 0 aliphatic carbocycles. The van der Waals surface area contributed by atoms with E-state index in [2.05, 4.69) is 0 Å². The Labute approximate surface area is 106 Å². The lowest BCUT2D eigenvalue weighted by Crippen LogP contribution is -2.28. The number of carbonyl (C=O) groups excluding carboxylic acids is 3. The molecule has 4 heteroatoms. The van der Waals surface area contributed by atoms with Crippen molar-refractivity contribution in [3.8, 4) is 0 Å². The normalized spacial score (nSPS) is 15.3. The molecule has 4 nitrogen and oxygen atoms in total. The Kier molecular flexibility index (Phi) is 3.55. The van der Waals surface area contributed by atoms with Gasteiger partial charge in [0.2, 0.25) is 11.8 Å². The summed E-state index contributed by atoms with van der Waals surface area (Å²) in [5.74, 6) is -0.166. The molecule has 0 saturated carbocycles. The van der Waals surface area contributed by atoms with E-state index in [0.717, 1.165) is 5.56 Å². The number of hydrogen-bond acceptors (Lipinski definition) is 3. The second kappa shape index (κ2) is 5.12. The highest BCUT2D eigenvalue weighted by Gasteiger charge is 2.30. The molecule has 0 unspecified atom stereocenters. The quantitative estimate of drug-likeness (QED) is 0.761. The molecule has 1 aliphatic rings. The van der Waals surface area contributed by atoms with E-state index in [4.69, 9.17) is 0 Å². The second-order valence-electron chi connectivity index (χ2n) is 4.49. The Bertz CT molecular complexity index is 492. The third-order valence-corrected chi connectivity index (χ3v) is 2.99. The van der Waals surface area contributed by atoms with Crippen LogP contribution in [0.15, 0.2) is 24.3 Å². The molecule has 1 aromatic rings. The van der Waals surface area contributed by atoms with Gasteiger partial charge in [0.15, 0.2) is 0 Å². The summed E-state index contributed by atoms with van der Waals surface area (Å²) in [5, 5.41) is 0. The number of aryl methyl sites for hydroxylation is 1. The summed E-state index contributed by atoms with van der Waals surface area (Å²) >= 11 is 0. The third-order valence-electron chi connectivity index (χ3n) is 2.99. The first-order valence-electron chi connectivity index (χ1n) is 6.02. The summed E-state index contributed by atoms with van der Waals surface area (Å²) in [6.45, 7) is 1.55. The van der Waals surface area contributed by atoms with Gasteiger partial charge in [-0.2, -0.15) is 0 Å². The minimum atomic E-state index is -0.149. The number of Topliss-reactive ketones (excluding diaryl/α,β-unsaturated/α-hetero) is 1. The zero-order chi connectivity index (χ0) is 13.1. The maximum atomic E-state index is 11.6.